The lowest BCUT2D eigenvalue weighted by Crippen LogP contribution is -2.23. The molecular formula is C34H39ClN6O9S2. The highest BCUT2D eigenvalue weighted by Crippen LogP contribution is 2.37. The highest BCUT2D eigenvalue weighted by molar-refractivity contribution is 7.85. The Bertz CT molecular complexity index is 2100. The summed E-state index contributed by atoms with van der Waals surface area (Å²) in [5, 5.41) is 17.2. The SMILES string of the molecule is CCOc1cc2ncc(C#N)c(Nc3ccc(OCc4ccccn4)c(Cl)c3)c2cc1NC(=O)/C=C/[C@H]1CCCN1C.CS(=O)(=O)O.CS(=O)(=O)O. The van der Waals surface area contributed by atoms with Crippen LogP contribution in [0.1, 0.15) is 31.0 Å². The van der Waals surface area contributed by atoms with Crippen molar-refractivity contribution in [2.24, 2.45) is 0 Å². The number of nitriles is 1. The third-order valence-electron chi connectivity index (χ3n) is 7.00. The minimum atomic E-state index is -3.67. The van der Waals surface area contributed by atoms with E-state index < -0.39 is 20.2 Å². The number of ether oxygens (including phenoxy) is 2. The predicted octanol–water partition coefficient (Wildman–Crippen LogP) is 5.47. The van der Waals surface area contributed by atoms with Gasteiger partial charge < -0.3 is 20.1 Å². The number of carbonyl (C=O) groups is 1. The van der Waals surface area contributed by atoms with Gasteiger partial charge in [-0.15, -0.1) is 0 Å². The average Bonchev–Trinajstić information content (AvgIpc) is 3.47. The smallest absolute Gasteiger partial charge is 0.261 e. The normalized spacial score (nSPS) is 14.4. The number of aromatic nitrogens is 2. The van der Waals surface area contributed by atoms with E-state index in [2.05, 4.69) is 38.6 Å². The topological polar surface area (TPSA) is 221 Å². The Balaban J connectivity index is 0.000000644. The van der Waals surface area contributed by atoms with Gasteiger partial charge in [0.15, 0.2) is 0 Å². The number of fused-ring (bicyclic) bond motifs is 1. The maximum atomic E-state index is 12.9. The Morgan fingerprint density at radius 2 is 1.79 bits per heavy atom. The van der Waals surface area contributed by atoms with E-state index in [4.69, 9.17) is 30.2 Å². The van der Waals surface area contributed by atoms with Crippen LogP contribution in [0, 0.1) is 11.3 Å². The predicted molar refractivity (Wildman–Crippen MR) is 199 cm³/mol. The number of anilines is 3. The molecule has 15 nitrogen and oxygen atoms in total. The zero-order valence-corrected chi connectivity index (χ0v) is 31.2. The van der Waals surface area contributed by atoms with Crippen molar-refractivity contribution in [1.29, 1.82) is 5.26 Å². The summed E-state index contributed by atoms with van der Waals surface area (Å²) >= 11 is 6.54. The van der Waals surface area contributed by atoms with E-state index in [9.17, 15) is 26.9 Å². The lowest BCUT2D eigenvalue weighted by molar-refractivity contribution is -0.112. The van der Waals surface area contributed by atoms with Gasteiger partial charge in [-0.2, -0.15) is 22.1 Å². The summed E-state index contributed by atoms with van der Waals surface area (Å²) in [6, 6.07) is 16.9. The van der Waals surface area contributed by atoms with Crippen LogP contribution < -0.4 is 20.1 Å². The van der Waals surface area contributed by atoms with E-state index in [1.807, 2.05) is 37.3 Å². The van der Waals surface area contributed by atoms with Gasteiger partial charge in [0, 0.05) is 41.7 Å². The van der Waals surface area contributed by atoms with Gasteiger partial charge in [-0.1, -0.05) is 23.7 Å². The van der Waals surface area contributed by atoms with Crippen molar-refractivity contribution < 1.29 is 40.2 Å². The van der Waals surface area contributed by atoms with Gasteiger partial charge in [0.2, 0.25) is 5.91 Å². The molecule has 0 bridgehead atoms. The quantitative estimate of drug-likeness (QED) is 0.116. The standard InChI is InChI=1S/C32H31ClN6O3.2CH4O3S/c1-3-41-30-17-27-25(16-28(30)38-31(40)12-10-24-8-6-14-39(24)2)32(21(18-34)19-36-27)37-22-9-11-29(26(33)15-22)42-20-23-7-4-5-13-35-23;2*1-5(2,3)4/h4-5,7,9-13,15-17,19,24H,3,6,8,14,20H2,1-2H3,(H,36,37)(H,38,40);2*1H3,(H,2,3,4)/b12-10+;;/t24-;;/m1../s1. The summed E-state index contributed by atoms with van der Waals surface area (Å²) in [6.45, 7) is 3.58. The molecule has 1 saturated heterocycles. The number of nitrogens with one attached hydrogen (secondary N) is 2. The molecular weight excluding hydrogens is 736 g/mol. The summed E-state index contributed by atoms with van der Waals surface area (Å²) in [7, 11) is -5.28. The highest BCUT2D eigenvalue weighted by atomic mass is 35.5. The minimum absolute atomic E-state index is 0.246. The van der Waals surface area contributed by atoms with Gasteiger partial charge in [-0.05, 0) is 69.8 Å². The molecule has 1 aliphatic heterocycles. The third-order valence-corrected chi connectivity index (χ3v) is 7.29. The van der Waals surface area contributed by atoms with Crippen molar-refractivity contribution in [3.63, 3.8) is 0 Å². The molecule has 5 rings (SSSR count). The summed E-state index contributed by atoms with van der Waals surface area (Å²) in [4.78, 5) is 23.9. The van der Waals surface area contributed by atoms with Crippen molar-refractivity contribution in [2.45, 2.75) is 32.4 Å². The maximum absolute atomic E-state index is 12.9. The zero-order chi connectivity index (χ0) is 38.5. The van der Waals surface area contributed by atoms with Crippen LogP contribution in [0.2, 0.25) is 5.02 Å². The molecule has 1 fully saturated rings. The number of hydrogen-bond donors (Lipinski definition) is 4. The number of likely N-dealkylation sites (tertiary alicyclic amines) is 1. The molecule has 0 unspecified atom stereocenters. The molecule has 18 heteroatoms. The second-order valence-electron chi connectivity index (χ2n) is 11.3. The summed E-state index contributed by atoms with van der Waals surface area (Å²) < 4.78 is 63.4. The van der Waals surface area contributed by atoms with Crippen molar-refractivity contribution in [2.75, 3.05) is 43.3 Å². The number of carbonyl (C=O) groups excluding carboxylic acids is 1. The van der Waals surface area contributed by atoms with Crippen LogP contribution in [-0.2, 0) is 31.6 Å². The van der Waals surface area contributed by atoms with Gasteiger partial charge in [0.25, 0.3) is 20.2 Å². The highest BCUT2D eigenvalue weighted by Gasteiger charge is 2.19. The largest absolute Gasteiger partial charge is 0.492 e. The van der Waals surface area contributed by atoms with Crippen molar-refractivity contribution >= 4 is 65.7 Å². The van der Waals surface area contributed by atoms with Crippen LogP contribution in [-0.4, -0.2) is 85.5 Å². The molecule has 0 spiro atoms. The van der Waals surface area contributed by atoms with Gasteiger partial charge >= 0.3 is 0 Å². The van der Waals surface area contributed by atoms with Crippen LogP contribution in [0.25, 0.3) is 10.9 Å². The van der Waals surface area contributed by atoms with Crippen LogP contribution in [0.3, 0.4) is 0 Å². The maximum Gasteiger partial charge on any atom is 0.261 e. The second-order valence-corrected chi connectivity index (χ2v) is 14.7. The molecule has 278 valence electrons. The van der Waals surface area contributed by atoms with Crippen LogP contribution in [0.4, 0.5) is 17.1 Å². The Hall–Kier alpha value is -4.83. The van der Waals surface area contributed by atoms with E-state index in [0.717, 1.165) is 25.1 Å². The third kappa shape index (κ3) is 14.4. The molecule has 0 radical (unpaired) electrons. The van der Waals surface area contributed by atoms with Crippen LogP contribution >= 0.6 is 11.6 Å². The fraction of sp³-hybridized carbons (Fsp3) is 0.294. The second kappa shape index (κ2) is 19.1. The molecule has 0 aliphatic carbocycles. The number of benzene rings is 2. The Kier molecular flexibility index (Phi) is 15.3. The molecule has 2 aromatic heterocycles. The fourth-order valence-corrected chi connectivity index (χ4v) is 5.07. The zero-order valence-electron chi connectivity index (χ0n) is 28.8. The van der Waals surface area contributed by atoms with E-state index in [0.29, 0.717) is 69.2 Å². The Morgan fingerprint density at radius 3 is 2.37 bits per heavy atom. The minimum Gasteiger partial charge on any atom is -0.492 e. The molecule has 1 amide bonds. The molecule has 0 saturated carbocycles. The first-order valence-electron chi connectivity index (χ1n) is 15.6. The Labute approximate surface area is 307 Å². The van der Waals surface area contributed by atoms with Crippen LogP contribution in [0.15, 0.2) is 73.1 Å². The van der Waals surface area contributed by atoms with E-state index in [-0.39, 0.29) is 18.6 Å². The van der Waals surface area contributed by atoms with Gasteiger partial charge in [-0.25, -0.2) is 0 Å². The molecule has 52 heavy (non-hydrogen) atoms. The number of nitrogens with zero attached hydrogens (tertiary/aromatic N) is 4. The Morgan fingerprint density at radius 1 is 1.08 bits per heavy atom. The van der Waals surface area contributed by atoms with Gasteiger partial charge in [0.05, 0.1) is 52.3 Å². The van der Waals surface area contributed by atoms with E-state index in [1.165, 1.54) is 6.20 Å². The monoisotopic (exact) mass is 774 g/mol. The first-order valence-corrected chi connectivity index (χ1v) is 19.7. The number of pyridine rings is 2. The van der Waals surface area contributed by atoms with Crippen molar-refractivity contribution in [1.82, 2.24) is 14.9 Å². The number of hydrogen-bond acceptors (Lipinski definition) is 12. The number of amides is 1. The molecule has 2 aromatic carbocycles. The molecule has 1 atom stereocenters. The van der Waals surface area contributed by atoms with E-state index >= 15 is 0 Å². The average molecular weight is 775 g/mol. The van der Waals surface area contributed by atoms with E-state index in [1.54, 1.807) is 36.5 Å². The lowest BCUT2D eigenvalue weighted by Gasteiger charge is -2.17. The van der Waals surface area contributed by atoms with Crippen molar-refractivity contribution in [3.8, 4) is 17.6 Å². The summed E-state index contributed by atoms with van der Waals surface area (Å²) in [5.41, 5.74) is 3.38. The number of likely N-dealkylation sites (N-methyl/N-ethyl adjacent to an activating group) is 1. The molecule has 4 aromatic rings. The summed E-state index contributed by atoms with van der Waals surface area (Å²) in [5.74, 6) is 0.740. The number of rotatable bonds is 10. The molecule has 4 N–H and O–H groups in total. The molecule has 1 aliphatic rings. The van der Waals surface area contributed by atoms with Crippen molar-refractivity contribution in [3.05, 3.63) is 89.4 Å². The fourth-order valence-electron chi connectivity index (χ4n) is 4.84. The lowest BCUT2D eigenvalue weighted by atomic mass is 10.1. The van der Waals surface area contributed by atoms with Gasteiger partial charge in [-0.3, -0.25) is 28.8 Å². The number of halogens is 1. The van der Waals surface area contributed by atoms with Crippen LogP contribution in [0.5, 0.6) is 11.5 Å². The first-order chi connectivity index (χ1) is 24.4. The van der Waals surface area contributed by atoms with Gasteiger partial charge in [0.1, 0.15) is 24.2 Å². The first kappa shape index (κ1) is 41.6. The summed E-state index contributed by atoms with van der Waals surface area (Å²) in [6.07, 6.45) is 10.3. The molecule has 3 heterocycles.